The lowest BCUT2D eigenvalue weighted by Crippen LogP contribution is -2.12. The molecule has 0 unspecified atom stereocenters. The van der Waals surface area contributed by atoms with E-state index in [1.165, 1.54) is 0 Å². The van der Waals surface area contributed by atoms with Gasteiger partial charge in [0.1, 0.15) is 17.2 Å². The minimum atomic E-state index is -1.13. The largest absolute Gasteiger partial charge is 0.449 e. The summed E-state index contributed by atoms with van der Waals surface area (Å²) < 4.78 is 76.5. The number of esters is 11. The molecule has 4 aromatic rings. The molecule has 0 spiro atoms. The minimum Gasteiger partial charge on any atom is -0.449 e. The molecule has 0 radical (unpaired) electrons. The third-order valence-corrected chi connectivity index (χ3v) is 7.53. The highest BCUT2D eigenvalue weighted by atomic mass is 16.6. The first-order valence-electron chi connectivity index (χ1n) is 20.0. The van der Waals surface area contributed by atoms with Crippen molar-refractivity contribution in [2.45, 2.75) is 76.2 Å². The van der Waals surface area contributed by atoms with Crippen molar-refractivity contribution in [1.29, 1.82) is 0 Å². The summed E-state index contributed by atoms with van der Waals surface area (Å²) in [5.74, 6) is -21.2. The van der Waals surface area contributed by atoms with Crippen LogP contribution in [0.2, 0.25) is 0 Å². The molecule has 0 aliphatic carbocycles. The van der Waals surface area contributed by atoms with Crippen LogP contribution in [0.25, 0.3) is 0 Å². The number of rotatable bonds is 17. The molecule has 4 aromatic carbocycles. The van der Waals surface area contributed by atoms with E-state index in [1.54, 1.807) is 0 Å². The fraction of sp³-hybridized carbons (Fsp3) is 0.239. The molecule has 4 rings (SSSR count). The molecule has 0 N–H and O–H groups in total. The SMILES string of the molecule is CC(=O)Oc1cc(OC(C)=O)c(Oc2cc(OC(C)=O)c(Oc3cc(OC(C)=O)c(Oc4cc(OC(C)=O)c(OC(C)=O)c(OC(C)=O)c4)c(OC(C)=O)c3)c(OC(C)=O)c2OC(C)=O)c(OC(C)=O)c1. The van der Waals surface area contributed by atoms with Crippen molar-refractivity contribution in [3.63, 3.8) is 0 Å². The van der Waals surface area contributed by atoms with Gasteiger partial charge in [0.2, 0.25) is 34.5 Å². The Morgan fingerprint density at radius 2 is 0.451 bits per heavy atom. The third kappa shape index (κ3) is 15.8. The van der Waals surface area contributed by atoms with Gasteiger partial charge >= 0.3 is 65.7 Å². The Morgan fingerprint density at radius 3 is 0.775 bits per heavy atom. The van der Waals surface area contributed by atoms with Gasteiger partial charge in [-0.25, -0.2) is 0 Å². The maximum Gasteiger partial charge on any atom is 0.308 e. The first-order valence-corrected chi connectivity index (χ1v) is 20.0. The van der Waals surface area contributed by atoms with E-state index in [0.717, 1.165) is 119 Å². The van der Waals surface area contributed by atoms with Gasteiger partial charge in [0.05, 0.1) is 0 Å². The van der Waals surface area contributed by atoms with Crippen molar-refractivity contribution < 1.29 is 119 Å². The molecule has 0 heterocycles. The topological polar surface area (TPSA) is 317 Å². The molecule has 25 nitrogen and oxygen atoms in total. The van der Waals surface area contributed by atoms with Gasteiger partial charge in [0, 0.05) is 119 Å². The molecular weight excluding hydrogens is 952 g/mol. The Labute approximate surface area is 400 Å². The van der Waals surface area contributed by atoms with Gasteiger partial charge < -0.3 is 66.3 Å². The van der Waals surface area contributed by atoms with Crippen molar-refractivity contribution in [2.24, 2.45) is 0 Å². The zero-order chi connectivity index (χ0) is 53.0. The van der Waals surface area contributed by atoms with E-state index in [1.807, 2.05) is 0 Å². The number of carbonyl (C=O) groups is 11. The second kappa shape index (κ2) is 23.5. The van der Waals surface area contributed by atoms with Gasteiger partial charge in [-0.1, -0.05) is 0 Å². The van der Waals surface area contributed by atoms with Crippen molar-refractivity contribution in [1.82, 2.24) is 0 Å². The number of ether oxygens (including phenoxy) is 14. The van der Waals surface area contributed by atoms with E-state index < -0.39 is 158 Å². The van der Waals surface area contributed by atoms with Crippen LogP contribution in [0.5, 0.6) is 97.7 Å². The smallest absolute Gasteiger partial charge is 0.308 e. The van der Waals surface area contributed by atoms with Crippen molar-refractivity contribution in [3.8, 4) is 97.7 Å². The molecule has 0 aromatic heterocycles. The van der Waals surface area contributed by atoms with Gasteiger partial charge in [0.15, 0.2) is 46.0 Å². The second-order valence-electron chi connectivity index (χ2n) is 13.9. The Hall–Kier alpha value is -9.55. The molecule has 0 aliphatic rings. The molecule has 0 atom stereocenters. The van der Waals surface area contributed by atoms with Crippen LogP contribution in [-0.2, 0) is 52.7 Å². The maximum absolute atomic E-state index is 12.8. The quantitative estimate of drug-likeness (QED) is 0.0834. The zero-order valence-corrected chi connectivity index (χ0v) is 39.2. The van der Waals surface area contributed by atoms with Gasteiger partial charge in [-0.05, 0) is 0 Å². The lowest BCUT2D eigenvalue weighted by molar-refractivity contribution is -0.135. The van der Waals surface area contributed by atoms with Gasteiger partial charge in [0.25, 0.3) is 0 Å². The van der Waals surface area contributed by atoms with E-state index in [9.17, 15) is 52.7 Å². The molecule has 71 heavy (non-hydrogen) atoms. The fourth-order valence-corrected chi connectivity index (χ4v) is 5.63. The number of hydrogen-bond acceptors (Lipinski definition) is 25. The minimum absolute atomic E-state index is 0.309. The summed E-state index contributed by atoms with van der Waals surface area (Å²) in [5.41, 5.74) is 0. The molecule has 0 saturated heterocycles. The highest BCUT2D eigenvalue weighted by molar-refractivity contribution is 5.84. The first-order chi connectivity index (χ1) is 33.2. The summed E-state index contributed by atoms with van der Waals surface area (Å²) in [4.78, 5) is 136. The van der Waals surface area contributed by atoms with Crippen molar-refractivity contribution in [2.75, 3.05) is 0 Å². The van der Waals surface area contributed by atoms with Gasteiger partial charge in [-0.15, -0.1) is 0 Å². The van der Waals surface area contributed by atoms with Crippen LogP contribution in [0.15, 0.2) is 42.5 Å². The summed E-state index contributed by atoms with van der Waals surface area (Å²) >= 11 is 0. The van der Waals surface area contributed by atoms with Gasteiger partial charge in [-0.3, -0.25) is 52.7 Å². The highest BCUT2D eigenvalue weighted by Crippen LogP contribution is 2.56. The van der Waals surface area contributed by atoms with Crippen LogP contribution < -0.4 is 66.3 Å². The normalized spacial score (nSPS) is 10.2. The monoisotopic (exact) mass is 992 g/mol. The molecule has 0 aliphatic heterocycles. The lowest BCUT2D eigenvalue weighted by atomic mass is 10.2. The van der Waals surface area contributed by atoms with Crippen molar-refractivity contribution >= 4 is 65.7 Å². The maximum atomic E-state index is 12.8. The molecule has 25 heteroatoms. The van der Waals surface area contributed by atoms with Crippen LogP contribution in [0, 0.1) is 0 Å². The predicted octanol–water partition coefficient (Wildman–Crippen LogP) is 6.24. The van der Waals surface area contributed by atoms with E-state index in [-0.39, 0.29) is 5.75 Å². The second-order valence-corrected chi connectivity index (χ2v) is 13.9. The summed E-state index contributed by atoms with van der Waals surface area (Å²) in [6.45, 7) is 10.7. The number of benzene rings is 4. The molecule has 0 fully saturated rings. The average molecular weight is 993 g/mol. The predicted molar refractivity (Wildman–Crippen MR) is 230 cm³/mol. The Kier molecular flexibility index (Phi) is 17.9. The van der Waals surface area contributed by atoms with Crippen LogP contribution >= 0.6 is 0 Å². The van der Waals surface area contributed by atoms with Crippen LogP contribution in [0.1, 0.15) is 76.2 Å². The van der Waals surface area contributed by atoms with E-state index >= 15 is 0 Å². The van der Waals surface area contributed by atoms with Gasteiger partial charge in [-0.2, -0.15) is 0 Å². The Morgan fingerprint density at radius 1 is 0.211 bits per heavy atom. The molecule has 0 bridgehead atoms. The van der Waals surface area contributed by atoms with Crippen molar-refractivity contribution in [3.05, 3.63) is 42.5 Å². The average Bonchev–Trinajstić information content (AvgIpc) is 3.19. The number of hydrogen-bond donors (Lipinski definition) is 0. The summed E-state index contributed by atoms with van der Waals surface area (Å²) in [5, 5.41) is 0. The van der Waals surface area contributed by atoms with Crippen LogP contribution in [-0.4, -0.2) is 65.7 Å². The molecular formula is C46H40O25. The summed E-state index contributed by atoms with van der Waals surface area (Å²) in [7, 11) is 0. The summed E-state index contributed by atoms with van der Waals surface area (Å²) in [6.07, 6.45) is 0. The Balaban J connectivity index is 2.09. The standard InChI is InChI=1S/C46H40O25/c1-19(47)58-30-12-37(63-24(6)52)43(38(13-30)64-25(7)53)71-40-18-39(65-26(8)54)45(46(68-29(11)57)44(40)67-28(10)56)70-32-16-35(61-22(4)50)42(36(17-32)62-23(5)51)69-31-14-33(59-20(2)48)41(66-27(9)55)34(15-31)60-21(3)49/h12-18H,1-11H3. The van der Waals surface area contributed by atoms with E-state index in [4.69, 9.17) is 66.3 Å². The van der Waals surface area contributed by atoms with E-state index in [0.29, 0.717) is 0 Å². The molecule has 0 amide bonds. The van der Waals surface area contributed by atoms with E-state index in [2.05, 4.69) is 0 Å². The number of carbonyl (C=O) groups excluding carboxylic acids is 11. The Bertz CT molecular complexity index is 2780. The third-order valence-electron chi connectivity index (χ3n) is 7.53. The summed E-state index contributed by atoms with van der Waals surface area (Å²) in [6, 6.07) is 6.66. The van der Waals surface area contributed by atoms with Crippen LogP contribution in [0.4, 0.5) is 0 Å². The first kappa shape index (κ1) is 54.1. The molecule has 374 valence electrons. The van der Waals surface area contributed by atoms with Crippen LogP contribution in [0.3, 0.4) is 0 Å². The molecule has 0 saturated carbocycles. The zero-order valence-electron chi connectivity index (χ0n) is 39.2. The highest BCUT2D eigenvalue weighted by Gasteiger charge is 2.33. The lowest BCUT2D eigenvalue weighted by Gasteiger charge is -2.22. The fourth-order valence-electron chi connectivity index (χ4n) is 5.63.